The summed E-state index contributed by atoms with van der Waals surface area (Å²) < 4.78 is 14.5. The van der Waals surface area contributed by atoms with Crippen LogP contribution >= 0.6 is 0 Å². The SMILES string of the molecule is CC(C)(O)CCc1ccc(-c2ccc(C3(C#N)CC3)cc2F)cc1. The van der Waals surface area contributed by atoms with E-state index in [-0.39, 0.29) is 5.82 Å². The van der Waals surface area contributed by atoms with E-state index in [1.54, 1.807) is 19.9 Å². The van der Waals surface area contributed by atoms with Crippen LogP contribution in [-0.2, 0) is 11.8 Å². The molecule has 2 nitrogen and oxygen atoms in total. The first-order valence-corrected chi connectivity index (χ1v) is 8.36. The minimum atomic E-state index is -0.680. The van der Waals surface area contributed by atoms with Crippen molar-refractivity contribution in [2.75, 3.05) is 0 Å². The second kappa shape index (κ2) is 6.03. The zero-order valence-corrected chi connectivity index (χ0v) is 14.1. The molecule has 2 aromatic carbocycles. The van der Waals surface area contributed by atoms with Crippen molar-refractivity contribution in [3.8, 4) is 17.2 Å². The molecule has 0 unspecified atom stereocenters. The molecule has 0 spiro atoms. The quantitative estimate of drug-likeness (QED) is 0.863. The fraction of sp³-hybridized carbons (Fsp3) is 0.381. The molecule has 0 saturated heterocycles. The van der Waals surface area contributed by atoms with Crippen molar-refractivity contribution in [1.29, 1.82) is 5.26 Å². The number of hydrogen-bond acceptors (Lipinski definition) is 2. The van der Waals surface area contributed by atoms with Crippen molar-refractivity contribution in [1.82, 2.24) is 0 Å². The molecule has 0 aromatic heterocycles. The first-order valence-electron chi connectivity index (χ1n) is 8.36. The zero-order valence-electron chi connectivity index (χ0n) is 14.1. The molecule has 1 aliphatic carbocycles. The summed E-state index contributed by atoms with van der Waals surface area (Å²) in [6.45, 7) is 3.60. The highest BCUT2D eigenvalue weighted by Gasteiger charge is 2.45. The molecule has 3 rings (SSSR count). The highest BCUT2D eigenvalue weighted by molar-refractivity contribution is 5.65. The lowest BCUT2D eigenvalue weighted by Crippen LogP contribution is -2.19. The topological polar surface area (TPSA) is 44.0 Å². The van der Waals surface area contributed by atoms with Gasteiger partial charge in [0.2, 0.25) is 0 Å². The Hall–Kier alpha value is -2.18. The third-order valence-electron chi connectivity index (χ3n) is 4.78. The third kappa shape index (κ3) is 3.49. The van der Waals surface area contributed by atoms with E-state index in [2.05, 4.69) is 6.07 Å². The van der Waals surface area contributed by atoms with E-state index in [9.17, 15) is 14.8 Å². The second-order valence-electron chi connectivity index (χ2n) is 7.40. The fourth-order valence-corrected chi connectivity index (χ4v) is 2.94. The van der Waals surface area contributed by atoms with E-state index in [1.807, 2.05) is 30.3 Å². The minimum Gasteiger partial charge on any atom is -0.390 e. The number of nitrogens with zero attached hydrogens (tertiary/aromatic N) is 1. The molecule has 0 aliphatic heterocycles. The number of hydrogen-bond donors (Lipinski definition) is 1. The summed E-state index contributed by atoms with van der Waals surface area (Å²) in [5.74, 6) is -0.279. The zero-order chi connectivity index (χ0) is 17.4. The maximum Gasteiger partial charge on any atom is 0.131 e. The molecule has 0 bridgehead atoms. The summed E-state index contributed by atoms with van der Waals surface area (Å²) in [5.41, 5.74) is 2.15. The molecule has 24 heavy (non-hydrogen) atoms. The van der Waals surface area contributed by atoms with Gasteiger partial charge in [-0.1, -0.05) is 36.4 Å². The molecule has 0 heterocycles. The summed E-state index contributed by atoms with van der Waals surface area (Å²) in [4.78, 5) is 0. The maximum atomic E-state index is 14.5. The molecule has 2 aromatic rings. The second-order valence-corrected chi connectivity index (χ2v) is 7.40. The van der Waals surface area contributed by atoms with Gasteiger partial charge < -0.3 is 5.11 Å². The van der Waals surface area contributed by atoms with Gasteiger partial charge in [0.25, 0.3) is 0 Å². The average molecular weight is 323 g/mol. The maximum absolute atomic E-state index is 14.5. The van der Waals surface area contributed by atoms with E-state index in [4.69, 9.17) is 0 Å². The Morgan fingerprint density at radius 1 is 1.17 bits per heavy atom. The lowest BCUT2D eigenvalue weighted by atomic mass is 9.93. The fourth-order valence-electron chi connectivity index (χ4n) is 2.94. The lowest BCUT2D eigenvalue weighted by Gasteiger charge is -2.16. The van der Waals surface area contributed by atoms with Gasteiger partial charge in [-0.3, -0.25) is 0 Å². The Labute approximate surface area is 142 Å². The minimum absolute atomic E-state index is 0.279. The van der Waals surface area contributed by atoms with Gasteiger partial charge in [0, 0.05) is 5.56 Å². The molecule has 0 radical (unpaired) electrons. The number of benzene rings is 2. The normalized spacial score (nSPS) is 15.8. The summed E-state index contributed by atoms with van der Waals surface area (Å²) >= 11 is 0. The standard InChI is InChI=1S/C21H22FNO/c1-20(2,24)10-9-15-3-5-16(6-4-15)18-8-7-17(13-19(18)22)21(14-23)11-12-21/h3-8,13,24H,9-12H2,1-2H3. The lowest BCUT2D eigenvalue weighted by molar-refractivity contribution is 0.0714. The van der Waals surface area contributed by atoms with Crippen LogP contribution in [0, 0.1) is 17.1 Å². The monoisotopic (exact) mass is 323 g/mol. The van der Waals surface area contributed by atoms with Gasteiger partial charge in [-0.15, -0.1) is 0 Å². The molecule has 0 atom stereocenters. The van der Waals surface area contributed by atoms with E-state index < -0.39 is 11.0 Å². The van der Waals surface area contributed by atoms with Crippen LogP contribution in [0.15, 0.2) is 42.5 Å². The molecule has 0 amide bonds. The number of halogens is 1. The van der Waals surface area contributed by atoms with Crippen LogP contribution in [0.3, 0.4) is 0 Å². The number of aliphatic hydroxyl groups is 1. The van der Waals surface area contributed by atoms with E-state index in [0.717, 1.165) is 36.0 Å². The van der Waals surface area contributed by atoms with E-state index in [1.165, 1.54) is 6.07 Å². The van der Waals surface area contributed by atoms with Crippen molar-refractivity contribution in [3.63, 3.8) is 0 Å². The van der Waals surface area contributed by atoms with Crippen LogP contribution in [0.5, 0.6) is 0 Å². The van der Waals surface area contributed by atoms with Gasteiger partial charge in [0.05, 0.1) is 17.1 Å². The van der Waals surface area contributed by atoms with Gasteiger partial charge in [-0.2, -0.15) is 5.26 Å². The van der Waals surface area contributed by atoms with Crippen LogP contribution in [0.4, 0.5) is 4.39 Å². The molecule has 1 fully saturated rings. The van der Waals surface area contributed by atoms with Crippen molar-refractivity contribution < 1.29 is 9.50 Å². The smallest absolute Gasteiger partial charge is 0.131 e. The summed E-state index contributed by atoms with van der Waals surface area (Å²) in [6.07, 6.45) is 3.11. The molecule has 1 aliphatic rings. The number of rotatable bonds is 5. The summed E-state index contributed by atoms with van der Waals surface area (Å²) in [7, 11) is 0. The van der Waals surface area contributed by atoms with E-state index >= 15 is 0 Å². The summed E-state index contributed by atoms with van der Waals surface area (Å²) in [5, 5.41) is 19.0. The van der Waals surface area contributed by atoms with Gasteiger partial charge in [-0.25, -0.2) is 4.39 Å². The number of aryl methyl sites for hydroxylation is 1. The highest BCUT2D eigenvalue weighted by atomic mass is 19.1. The first kappa shape index (κ1) is 16.7. The van der Waals surface area contributed by atoms with Crippen LogP contribution in [0.25, 0.3) is 11.1 Å². The summed E-state index contributed by atoms with van der Waals surface area (Å²) in [6, 6.07) is 15.2. The molecule has 1 saturated carbocycles. The largest absolute Gasteiger partial charge is 0.390 e. The van der Waals surface area contributed by atoms with Gasteiger partial charge in [0.1, 0.15) is 5.82 Å². The van der Waals surface area contributed by atoms with Crippen molar-refractivity contribution >= 4 is 0 Å². The Bertz CT molecular complexity index is 777. The predicted molar refractivity (Wildman–Crippen MR) is 93.0 cm³/mol. The van der Waals surface area contributed by atoms with Crippen LogP contribution in [0.1, 0.15) is 44.2 Å². The first-order chi connectivity index (χ1) is 11.3. The molecule has 124 valence electrons. The molecule has 3 heteroatoms. The van der Waals surface area contributed by atoms with Crippen LogP contribution in [-0.4, -0.2) is 10.7 Å². The van der Waals surface area contributed by atoms with Crippen molar-refractivity contribution in [3.05, 3.63) is 59.4 Å². The molecular formula is C21H22FNO. The molecule has 1 N–H and O–H groups in total. The predicted octanol–water partition coefficient (Wildman–Crippen LogP) is 4.75. The van der Waals surface area contributed by atoms with E-state index in [0.29, 0.717) is 12.0 Å². The highest BCUT2D eigenvalue weighted by Crippen LogP contribution is 2.48. The Balaban J connectivity index is 1.78. The Morgan fingerprint density at radius 3 is 2.33 bits per heavy atom. The molecular weight excluding hydrogens is 301 g/mol. The Kier molecular flexibility index (Phi) is 4.19. The van der Waals surface area contributed by atoms with Crippen LogP contribution in [0.2, 0.25) is 0 Å². The average Bonchev–Trinajstić information content (AvgIpc) is 3.34. The van der Waals surface area contributed by atoms with Gasteiger partial charge in [-0.05, 0) is 62.3 Å². The van der Waals surface area contributed by atoms with Gasteiger partial charge in [0.15, 0.2) is 0 Å². The third-order valence-corrected chi connectivity index (χ3v) is 4.78. The van der Waals surface area contributed by atoms with Gasteiger partial charge >= 0.3 is 0 Å². The van der Waals surface area contributed by atoms with Crippen molar-refractivity contribution in [2.24, 2.45) is 0 Å². The van der Waals surface area contributed by atoms with Crippen molar-refractivity contribution in [2.45, 2.75) is 50.5 Å². The van der Waals surface area contributed by atoms with Crippen LogP contribution < -0.4 is 0 Å². The number of nitriles is 1. The Morgan fingerprint density at radius 2 is 1.83 bits per heavy atom.